The fourth-order valence-electron chi connectivity index (χ4n) is 3.63. The molecule has 2 aromatic rings. The van der Waals surface area contributed by atoms with Gasteiger partial charge in [0, 0.05) is 38.9 Å². The largest absolute Gasteiger partial charge is 0.360 e. The molecule has 0 saturated heterocycles. The summed E-state index contributed by atoms with van der Waals surface area (Å²) in [6.45, 7) is 12.4. The van der Waals surface area contributed by atoms with E-state index in [-0.39, 0.29) is 13.3 Å². The first-order valence-electron chi connectivity index (χ1n) is 9.87. The summed E-state index contributed by atoms with van der Waals surface area (Å²) in [6, 6.07) is 12.6. The number of fused-ring (bicyclic) bond motifs is 1. The number of benzene rings is 2. The van der Waals surface area contributed by atoms with Gasteiger partial charge in [0.25, 0.3) is 0 Å². The van der Waals surface area contributed by atoms with Crippen LogP contribution in [-0.2, 0) is 11.3 Å². The average molecular weight is 407 g/mol. The van der Waals surface area contributed by atoms with Crippen LogP contribution < -0.4 is 0 Å². The van der Waals surface area contributed by atoms with Gasteiger partial charge in [-0.1, -0.05) is 55.6 Å². The van der Waals surface area contributed by atoms with Crippen molar-refractivity contribution in [3.05, 3.63) is 101 Å². The lowest BCUT2D eigenvalue weighted by molar-refractivity contribution is -0.108. The number of hydrogen-bond acceptors (Lipinski definition) is 3. The molecule has 0 N–H and O–H groups in total. The number of aliphatic imine (C=N–C) groups is 1. The Bertz CT molecular complexity index is 964. The molecule has 1 heterocycles. The zero-order valence-corrected chi connectivity index (χ0v) is 17.9. The molecule has 1 aliphatic heterocycles. The van der Waals surface area contributed by atoms with Crippen LogP contribution in [0.3, 0.4) is 0 Å². The first kappa shape index (κ1) is 23.0. The Morgan fingerprint density at radius 1 is 1.27 bits per heavy atom. The fraction of sp³-hybridized carbons (Fsp3) is 0.231. The van der Waals surface area contributed by atoms with Gasteiger partial charge in [-0.15, -0.1) is 0 Å². The van der Waals surface area contributed by atoms with Crippen LogP contribution in [0, 0.1) is 12.7 Å². The molecule has 0 aromatic heterocycles. The molecular weight excluding hydrogens is 375 g/mol. The predicted molar refractivity (Wildman–Crippen MR) is 126 cm³/mol. The number of rotatable bonds is 6. The molecular formula is C26H31FN2O. The summed E-state index contributed by atoms with van der Waals surface area (Å²) < 4.78 is 13.1. The van der Waals surface area contributed by atoms with Crippen molar-refractivity contribution in [2.45, 2.75) is 32.9 Å². The van der Waals surface area contributed by atoms with Gasteiger partial charge < -0.3 is 9.69 Å². The molecule has 30 heavy (non-hydrogen) atoms. The molecule has 0 bridgehead atoms. The van der Waals surface area contributed by atoms with Crippen LogP contribution in [0.1, 0.15) is 43.1 Å². The molecule has 0 spiro atoms. The average Bonchev–Trinajstić information content (AvgIpc) is 2.98. The van der Waals surface area contributed by atoms with Gasteiger partial charge in [-0.2, -0.15) is 0 Å². The maximum Gasteiger partial charge on any atom is 0.123 e. The number of halogens is 1. The first-order valence-corrected chi connectivity index (χ1v) is 9.87. The third-order valence-corrected chi connectivity index (χ3v) is 4.99. The van der Waals surface area contributed by atoms with E-state index in [0.717, 1.165) is 28.7 Å². The molecule has 4 heteroatoms. The van der Waals surface area contributed by atoms with Crippen molar-refractivity contribution in [3.63, 3.8) is 0 Å². The SMILES string of the molecule is C=C/C=C(/C)C=NC.C=C1c2cccc(C)c2C(CC=O)N1Cc1ccc(F)cc1.[HH]. The van der Waals surface area contributed by atoms with E-state index in [0.29, 0.717) is 13.0 Å². The molecule has 0 amide bonds. The van der Waals surface area contributed by atoms with E-state index in [1.54, 1.807) is 31.5 Å². The molecule has 2 aromatic carbocycles. The molecule has 1 unspecified atom stereocenters. The Kier molecular flexibility index (Phi) is 8.48. The molecule has 0 fully saturated rings. The molecule has 0 radical (unpaired) electrons. The van der Waals surface area contributed by atoms with E-state index in [2.05, 4.69) is 36.0 Å². The van der Waals surface area contributed by atoms with Crippen LogP contribution in [0.4, 0.5) is 4.39 Å². The minimum absolute atomic E-state index is 0. The summed E-state index contributed by atoms with van der Waals surface area (Å²) in [5, 5.41) is 0. The highest BCUT2D eigenvalue weighted by Crippen LogP contribution is 2.44. The van der Waals surface area contributed by atoms with Crippen molar-refractivity contribution >= 4 is 18.2 Å². The summed E-state index contributed by atoms with van der Waals surface area (Å²) >= 11 is 0. The first-order chi connectivity index (χ1) is 14.4. The van der Waals surface area contributed by atoms with Crippen LogP contribution in [0.2, 0.25) is 0 Å². The topological polar surface area (TPSA) is 32.7 Å². The molecule has 0 saturated carbocycles. The van der Waals surface area contributed by atoms with Gasteiger partial charge in [0.1, 0.15) is 12.1 Å². The molecule has 3 nitrogen and oxygen atoms in total. The predicted octanol–water partition coefficient (Wildman–Crippen LogP) is 6.32. The number of hydrogen-bond donors (Lipinski definition) is 0. The number of aldehydes is 1. The fourth-order valence-corrected chi connectivity index (χ4v) is 3.63. The zero-order valence-electron chi connectivity index (χ0n) is 17.9. The van der Waals surface area contributed by atoms with Gasteiger partial charge in [-0.05, 0) is 48.2 Å². The van der Waals surface area contributed by atoms with Gasteiger partial charge in [0.05, 0.1) is 6.04 Å². The molecule has 1 aliphatic rings. The summed E-state index contributed by atoms with van der Waals surface area (Å²) in [7, 11) is 1.75. The lowest BCUT2D eigenvalue weighted by Gasteiger charge is -2.27. The van der Waals surface area contributed by atoms with E-state index < -0.39 is 0 Å². The normalized spacial score (nSPS) is 15.6. The Morgan fingerprint density at radius 3 is 2.57 bits per heavy atom. The van der Waals surface area contributed by atoms with E-state index in [9.17, 15) is 9.18 Å². The highest BCUT2D eigenvalue weighted by molar-refractivity contribution is 5.77. The minimum Gasteiger partial charge on any atom is -0.360 e. The van der Waals surface area contributed by atoms with Crippen LogP contribution in [0.25, 0.3) is 5.70 Å². The van der Waals surface area contributed by atoms with Crippen molar-refractivity contribution < 1.29 is 10.6 Å². The third-order valence-electron chi connectivity index (χ3n) is 4.99. The number of allylic oxidation sites excluding steroid dienone is 3. The second kappa shape index (κ2) is 11.1. The van der Waals surface area contributed by atoms with Gasteiger partial charge in [0.2, 0.25) is 0 Å². The maximum absolute atomic E-state index is 13.1. The maximum atomic E-state index is 13.1. The van der Waals surface area contributed by atoms with Crippen LogP contribution in [0.15, 0.2) is 78.3 Å². The minimum atomic E-state index is -0.243. The smallest absolute Gasteiger partial charge is 0.123 e. The lowest BCUT2D eigenvalue weighted by atomic mass is 9.97. The quantitative estimate of drug-likeness (QED) is 0.320. The van der Waals surface area contributed by atoms with Gasteiger partial charge >= 0.3 is 0 Å². The van der Waals surface area contributed by atoms with Crippen molar-refractivity contribution in [2.75, 3.05) is 7.05 Å². The summed E-state index contributed by atoms with van der Waals surface area (Å²) in [5.74, 6) is -0.243. The van der Waals surface area contributed by atoms with Crippen LogP contribution in [0.5, 0.6) is 0 Å². The van der Waals surface area contributed by atoms with Gasteiger partial charge in [-0.3, -0.25) is 4.99 Å². The summed E-state index contributed by atoms with van der Waals surface area (Å²) in [4.78, 5) is 17.1. The standard InChI is InChI=1S/C19H18FNO.C7H11N.H2/c1-13-4-3-5-17-14(2)21(18(10-11-22)19(13)17)12-15-6-8-16(20)9-7-15;1-4-5-7(2)6-8-3;/h3-9,11,18H,2,10,12H2,1H3;4-6H,1H2,2-3H3;1H/b;7-5-,8-6?;. The summed E-state index contributed by atoms with van der Waals surface area (Å²) in [5.41, 5.74) is 6.52. The van der Waals surface area contributed by atoms with Crippen LogP contribution >= 0.6 is 0 Å². The Hall–Kier alpha value is -3.27. The van der Waals surface area contributed by atoms with Crippen molar-refractivity contribution in [1.82, 2.24) is 4.90 Å². The molecule has 1 atom stereocenters. The molecule has 0 aliphatic carbocycles. The van der Waals surface area contributed by atoms with E-state index >= 15 is 0 Å². The Morgan fingerprint density at radius 2 is 1.97 bits per heavy atom. The van der Waals surface area contributed by atoms with E-state index in [1.807, 2.05) is 25.1 Å². The highest BCUT2D eigenvalue weighted by atomic mass is 19.1. The molecule has 158 valence electrons. The van der Waals surface area contributed by atoms with Gasteiger partial charge in [-0.25, -0.2) is 4.39 Å². The van der Waals surface area contributed by atoms with Crippen molar-refractivity contribution in [3.8, 4) is 0 Å². The van der Waals surface area contributed by atoms with E-state index in [1.165, 1.54) is 23.3 Å². The van der Waals surface area contributed by atoms with Crippen molar-refractivity contribution in [1.29, 1.82) is 0 Å². The van der Waals surface area contributed by atoms with Crippen LogP contribution in [-0.4, -0.2) is 24.4 Å². The number of aryl methyl sites for hydroxylation is 1. The molecule has 3 rings (SSSR count). The lowest BCUT2D eigenvalue weighted by Crippen LogP contribution is -2.21. The summed E-state index contributed by atoms with van der Waals surface area (Å²) in [6.07, 6.45) is 6.83. The number of nitrogens with zero attached hydrogens (tertiary/aromatic N) is 2. The van der Waals surface area contributed by atoms with Gasteiger partial charge in [0.15, 0.2) is 0 Å². The monoisotopic (exact) mass is 406 g/mol. The second-order valence-corrected chi connectivity index (χ2v) is 7.19. The second-order valence-electron chi connectivity index (χ2n) is 7.19. The Balaban J connectivity index is 0.000000461. The number of carbonyl (C=O) groups is 1. The number of carbonyl (C=O) groups excluding carboxylic acids is 1. The zero-order chi connectivity index (χ0) is 22.1. The van der Waals surface area contributed by atoms with E-state index in [4.69, 9.17) is 0 Å². The van der Waals surface area contributed by atoms with Crippen molar-refractivity contribution in [2.24, 2.45) is 4.99 Å². The highest BCUT2D eigenvalue weighted by Gasteiger charge is 2.33. The Labute approximate surface area is 180 Å². The third kappa shape index (κ3) is 5.63.